The Morgan fingerprint density at radius 3 is 2.02 bits per heavy atom. The fourth-order valence-corrected chi connectivity index (χ4v) is 9.89. The zero-order valence-corrected chi connectivity index (χ0v) is 28.0. The third kappa shape index (κ3) is 3.30. The van der Waals surface area contributed by atoms with Gasteiger partial charge in [-0.05, 0) is 59.2 Å². The van der Waals surface area contributed by atoms with Crippen LogP contribution in [-0.4, -0.2) is 4.57 Å². The molecule has 2 aliphatic carbocycles. The molecule has 1 unspecified atom stereocenters. The molecule has 0 N–H and O–H groups in total. The number of nitrogens with zero attached hydrogens (tertiary/aromatic N) is 1. The summed E-state index contributed by atoms with van der Waals surface area (Å²) in [6.07, 6.45) is 5.54. The molecule has 0 saturated carbocycles. The van der Waals surface area contributed by atoms with Gasteiger partial charge in [0.1, 0.15) is 16.7 Å². The van der Waals surface area contributed by atoms with Gasteiger partial charge in [-0.2, -0.15) is 0 Å². The lowest BCUT2D eigenvalue weighted by Gasteiger charge is -2.40. The number of ether oxygens (including phenoxy) is 1. The number of hydrogen-bond acceptors (Lipinski definition) is 2. The first kappa shape index (κ1) is 27.5. The van der Waals surface area contributed by atoms with Gasteiger partial charge >= 0.3 is 0 Å². The topological polar surface area (TPSA) is 27.3 Å². The molecular formula is C48H31NO2. The zero-order valence-electron chi connectivity index (χ0n) is 28.0. The molecule has 3 nitrogen and oxygen atoms in total. The molecule has 12 rings (SSSR count). The van der Waals surface area contributed by atoms with Crippen molar-refractivity contribution in [3.05, 3.63) is 178 Å². The van der Waals surface area contributed by atoms with Crippen LogP contribution in [-0.2, 0) is 11.0 Å². The maximum Gasteiger partial charge on any atom is 0.156 e. The molecule has 1 aliphatic heterocycles. The van der Waals surface area contributed by atoms with Crippen LogP contribution in [0.15, 0.2) is 150 Å². The summed E-state index contributed by atoms with van der Waals surface area (Å²) in [5.41, 5.74) is 10.7. The summed E-state index contributed by atoms with van der Waals surface area (Å²) in [6.45, 7) is 2.35. The van der Waals surface area contributed by atoms with E-state index in [-0.39, 0.29) is 0 Å². The Balaban J connectivity index is 1.27. The smallest absolute Gasteiger partial charge is 0.156 e. The lowest BCUT2D eigenvalue weighted by Crippen LogP contribution is -2.37. The molecule has 3 heterocycles. The van der Waals surface area contributed by atoms with E-state index in [0.29, 0.717) is 0 Å². The van der Waals surface area contributed by atoms with Gasteiger partial charge < -0.3 is 13.7 Å². The van der Waals surface area contributed by atoms with Crippen LogP contribution in [0, 0.1) is 0 Å². The number of hydrogen-bond donors (Lipinski definition) is 0. The standard InChI is InChI=1S/C48H31NO2/c1-47(27-26-34-33-16-6-10-20-41(33)50-43(34)28-47)49-44-30-13-3-2-12-29(30)22-23-35(44)36-24-25-40-46(45(36)49)51-42-21-11-9-19-39(42)48(40)37-17-7-4-14-31(37)32-15-5-8-18-38(32)48/h2-26,28H,27H2,1H3. The number of fused-ring (bicyclic) bond motifs is 18. The summed E-state index contributed by atoms with van der Waals surface area (Å²) >= 11 is 0. The lowest BCUT2D eigenvalue weighted by molar-refractivity contribution is 0.426. The van der Waals surface area contributed by atoms with E-state index in [1.165, 1.54) is 65.7 Å². The zero-order chi connectivity index (χ0) is 33.5. The largest absolute Gasteiger partial charge is 0.456 e. The van der Waals surface area contributed by atoms with Gasteiger partial charge in [-0.3, -0.25) is 0 Å². The Kier molecular flexibility index (Phi) is 5.10. The first-order chi connectivity index (χ1) is 25.1. The lowest BCUT2D eigenvalue weighted by atomic mass is 9.66. The SMILES string of the molecule is CC1(n2c3c4c(ccc3c3ccc5ccccc5c32)C2(c3ccccc3O4)c3ccccc3-c3ccccc32)C=c2oc3ccccc3c2=CC1. The van der Waals surface area contributed by atoms with Gasteiger partial charge in [0.15, 0.2) is 5.75 Å². The van der Waals surface area contributed by atoms with Crippen LogP contribution in [0.2, 0.25) is 0 Å². The van der Waals surface area contributed by atoms with Crippen molar-refractivity contribution >= 4 is 55.7 Å². The second-order valence-electron chi connectivity index (χ2n) is 14.6. The third-order valence-corrected chi connectivity index (χ3v) is 12.0. The van der Waals surface area contributed by atoms with Crippen LogP contribution < -0.4 is 15.4 Å². The molecule has 0 radical (unpaired) electrons. The Bertz CT molecular complexity index is 3080. The summed E-state index contributed by atoms with van der Waals surface area (Å²) in [6, 6.07) is 53.0. The molecule has 240 valence electrons. The highest BCUT2D eigenvalue weighted by atomic mass is 16.5. The molecule has 9 aromatic rings. The number of para-hydroxylation sites is 2. The molecule has 1 atom stereocenters. The van der Waals surface area contributed by atoms with Gasteiger partial charge in [-0.25, -0.2) is 0 Å². The Hall–Kier alpha value is -6.32. The van der Waals surface area contributed by atoms with E-state index in [9.17, 15) is 0 Å². The van der Waals surface area contributed by atoms with Crippen molar-refractivity contribution in [1.82, 2.24) is 4.57 Å². The van der Waals surface area contributed by atoms with Crippen molar-refractivity contribution in [1.29, 1.82) is 0 Å². The summed E-state index contributed by atoms with van der Waals surface area (Å²) in [7, 11) is 0. The summed E-state index contributed by atoms with van der Waals surface area (Å²) in [5.74, 6) is 1.82. The maximum absolute atomic E-state index is 7.27. The van der Waals surface area contributed by atoms with Crippen LogP contribution in [0.4, 0.5) is 0 Å². The van der Waals surface area contributed by atoms with Gasteiger partial charge in [-0.1, -0.05) is 140 Å². The van der Waals surface area contributed by atoms with E-state index >= 15 is 0 Å². The minimum atomic E-state index is -0.538. The van der Waals surface area contributed by atoms with Crippen molar-refractivity contribution < 1.29 is 9.15 Å². The second-order valence-corrected chi connectivity index (χ2v) is 14.6. The van der Waals surface area contributed by atoms with Crippen molar-refractivity contribution in [2.24, 2.45) is 0 Å². The van der Waals surface area contributed by atoms with Gasteiger partial charge in [-0.15, -0.1) is 0 Å². The van der Waals surface area contributed by atoms with Gasteiger partial charge in [0, 0.05) is 37.9 Å². The van der Waals surface area contributed by atoms with E-state index < -0.39 is 11.0 Å². The van der Waals surface area contributed by atoms with Crippen LogP contribution in [0.1, 0.15) is 35.6 Å². The molecule has 2 aromatic heterocycles. The normalized spacial score (nSPS) is 17.7. The molecule has 0 bridgehead atoms. The molecule has 3 heteroatoms. The van der Waals surface area contributed by atoms with Gasteiger partial charge in [0.25, 0.3) is 0 Å². The van der Waals surface area contributed by atoms with E-state index in [4.69, 9.17) is 9.15 Å². The Labute approximate surface area is 294 Å². The minimum Gasteiger partial charge on any atom is -0.456 e. The molecule has 51 heavy (non-hydrogen) atoms. The van der Waals surface area contributed by atoms with E-state index in [1.807, 2.05) is 6.07 Å². The highest BCUT2D eigenvalue weighted by Gasteiger charge is 2.52. The quantitative estimate of drug-likeness (QED) is 0.176. The first-order valence-corrected chi connectivity index (χ1v) is 17.8. The van der Waals surface area contributed by atoms with Crippen molar-refractivity contribution in [2.75, 3.05) is 0 Å². The van der Waals surface area contributed by atoms with Crippen molar-refractivity contribution in [2.45, 2.75) is 24.3 Å². The minimum absolute atomic E-state index is 0.459. The summed E-state index contributed by atoms with van der Waals surface area (Å²) in [4.78, 5) is 0. The molecule has 1 spiro atoms. The fourth-order valence-electron chi connectivity index (χ4n) is 9.89. The summed E-state index contributed by atoms with van der Waals surface area (Å²) in [5, 5.41) is 7.20. The fraction of sp³-hybridized carbons (Fsp3) is 0.0833. The average Bonchev–Trinajstić information content (AvgIpc) is 3.82. The molecular weight excluding hydrogens is 623 g/mol. The van der Waals surface area contributed by atoms with Gasteiger partial charge in [0.05, 0.1) is 22.0 Å². The molecule has 7 aromatic carbocycles. The first-order valence-electron chi connectivity index (χ1n) is 17.8. The van der Waals surface area contributed by atoms with Crippen molar-refractivity contribution in [3.8, 4) is 22.6 Å². The molecule has 3 aliphatic rings. The van der Waals surface area contributed by atoms with Crippen LogP contribution in [0.5, 0.6) is 11.5 Å². The predicted molar refractivity (Wildman–Crippen MR) is 207 cm³/mol. The van der Waals surface area contributed by atoms with E-state index in [1.54, 1.807) is 0 Å². The van der Waals surface area contributed by atoms with E-state index in [0.717, 1.165) is 39.8 Å². The molecule has 0 fully saturated rings. The van der Waals surface area contributed by atoms with Crippen LogP contribution >= 0.6 is 0 Å². The van der Waals surface area contributed by atoms with Crippen LogP contribution in [0.25, 0.3) is 66.8 Å². The Morgan fingerprint density at radius 2 is 1.20 bits per heavy atom. The molecule has 0 amide bonds. The van der Waals surface area contributed by atoms with Crippen molar-refractivity contribution in [3.63, 3.8) is 0 Å². The number of aromatic nitrogens is 1. The van der Waals surface area contributed by atoms with Gasteiger partial charge in [0.2, 0.25) is 0 Å². The highest BCUT2D eigenvalue weighted by molar-refractivity contribution is 6.19. The highest BCUT2D eigenvalue weighted by Crippen LogP contribution is 2.63. The Morgan fingerprint density at radius 1 is 0.549 bits per heavy atom. The number of rotatable bonds is 1. The summed E-state index contributed by atoms with van der Waals surface area (Å²) < 4.78 is 16.4. The third-order valence-electron chi connectivity index (χ3n) is 12.0. The predicted octanol–water partition coefficient (Wildman–Crippen LogP) is 10.5. The monoisotopic (exact) mass is 653 g/mol. The maximum atomic E-state index is 7.27. The second kappa shape index (κ2) is 9.47. The van der Waals surface area contributed by atoms with Crippen LogP contribution in [0.3, 0.4) is 0 Å². The average molecular weight is 654 g/mol. The number of benzene rings is 7. The number of furan rings is 1. The van der Waals surface area contributed by atoms with E-state index in [2.05, 4.69) is 163 Å². The molecule has 0 saturated heterocycles.